The predicted octanol–water partition coefficient (Wildman–Crippen LogP) is 1.95. The van der Waals surface area contributed by atoms with Gasteiger partial charge in [0.05, 0.1) is 4.62 Å². The van der Waals surface area contributed by atoms with E-state index in [0.717, 1.165) is 4.62 Å². The highest BCUT2D eigenvalue weighted by atomic mass is 79.9. The summed E-state index contributed by atoms with van der Waals surface area (Å²) in [5.41, 5.74) is 0. The third kappa shape index (κ3) is 5.45. The van der Waals surface area contributed by atoms with Crippen molar-refractivity contribution >= 4 is 20.6 Å². The Morgan fingerprint density at radius 3 is 2.88 bits per heavy atom. The maximum atomic E-state index is 4.89. The first-order valence-corrected chi connectivity index (χ1v) is 2.87. The number of terminal acetylenes is 1. The highest BCUT2D eigenvalue weighted by Crippen LogP contribution is 1.86. The molecule has 0 atom stereocenters. The fourth-order valence-electron chi connectivity index (χ4n) is 0.183. The van der Waals surface area contributed by atoms with Crippen molar-refractivity contribution in [3.8, 4) is 12.3 Å². The molecule has 2 heteroatoms. The van der Waals surface area contributed by atoms with E-state index in [4.69, 9.17) is 6.42 Å². The number of allylic oxidation sites excluding steroid dienone is 1. The second-order valence-electron chi connectivity index (χ2n) is 1.11. The molecule has 0 bridgehead atoms. The van der Waals surface area contributed by atoms with Crippen molar-refractivity contribution in [1.29, 1.82) is 0 Å². The van der Waals surface area contributed by atoms with Crippen LogP contribution in [-0.2, 0) is 0 Å². The van der Waals surface area contributed by atoms with Gasteiger partial charge in [-0.15, -0.1) is 6.42 Å². The van der Waals surface area contributed by atoms with Gasteiger partial charge in [-0.3, -0.25) is 4.99 Å². The first kappa shape index (κ1) is 7.45. The van der Waals surface area contributed by atoms with Gasteiger partial charge < -0.3 is 0 Å². The molecular weight excluding hydrogens is 166 g/mol. The predicted molar refractivity (Wildman–Crippen MR) is 40.0 cm³/mol. The Labute approximate surface area is 57.6 Å². The number of nitrogens with zero attached hydrogens (tertiary/aromatic N) is 1. The number of aliphatic imine (C=N–C) groups is 1. The van der Waals surface area contributed by atoms with Gasteiger partial charge in [0, 0.05) is 12.3 Å². The van der Waals surface area contributed by atoms with Gasteiger partial charge in [-0.2, -0.15) is 0 Å². The van der Waals surface area contributed by atoms with Crippen molar-refractivity contribution < 1.29 is 0 Å². The zero-order valence-corrected chi connectivity index (χ0v) is 6.14. The first-order chi connectivity index (χ1) is 3.77. The van der Waals surface area contributed by atoms with Crippen molar-refractivity contribution in [2.24, 2.45) is 4.99 Å². The highest BCUT2D eigenvalue weighted by molar-refractivity contribution is 9.18. The Hall–Kier alpha value is -0.550. The summed E-state index contributed by atoms with van der Waals surface area (Å²) in [5.74, 6) is 2.31. The van der Waals surface area contributed by atoms with Crippen LogP contribution >= 0.6 is 15.9 Å². The van der Waals surface area contributed by atoms with E-state index in [1.807, 2.05) is 6.92 Å². The number of hydrogen-bond acceptors (Lipinski definition) is 1. The lowest BCUT2D eigenvalue weighted by Gasteiger charge is -1.75. The average Bonchev–Trinajstić information content (AvgIpc) is 1.66. The molecule has 0 unspecified atom stereocenters. The van der Waals surface area contributed by atoms with E-state index >= 15 is 0 Å². The minimum Gasteiger partial charge on any atom is -0.253 e. The van der Waals surface area contributed by atoms with Gasteiger partial charge in [0.25, 0.3) is 0 Å². The lowest BCUT2D eigenvalue weighted by molar-refractivity contribution is 1.58. The summed E-state index contributed by atoms with van der Waals surface area (Å²) >= 11 is 3.13. The van der Waals surface area contributed by atoms with Crippen molar-refractivity contribution in [3.63, 3.8) is 0 Å². The molecule has 0 rings (SSSR count). The third-order valence-electron chi connectivity index (χ3n) is 0.423. The summed E-state index contributed by atoms with van der Waals surface area (Å²) < 4.78 is 0.823. The quantitative estimate of drug-likeness (QED) is 0.423. The van der Waals surface area contributed by atoms with Crippen LogP contribution in [-0.4, -0.2) is 4.62 Å². The summed E-state index contributed by atoms with van der Waals surface area (Å²) in [4.78, 5) is 3.82. The molecule has 8 heavy (non-hydrogen) atoms. The Morgan fingerprint density at radius 1 is 1.88 bits per heavy atom. The molecule has 0 radical (unpaired) electrons. The topological polar surface area (TPSA) is 12.4 Å². The molecule has 0 spiro atoms. The minimum atomic E-state index is 0.823. The SMILES string of the molecule is C#C/C=C\N=C(C)Br. The molecule has 0 saturated carbocycles. The van der Waals surface area contributed by atoms with E-state index in [1.54, 1.807) is 6.20 Å². The average molecular weight is 172 g/mol. The van der Waals surface area contributed by atoms with Gasteiger partial charge in [0.1, 0.15) is 0 Å². The Bertz CT molecular complexity index is 146. The second kappa shape index (κ2) is 4.61. The lowest BCUT2D eigenvalue weighted by Crippen LogP contribution is -1.67. The first-order valence-electron chi connectivity index (χ1n) is 2.08. The summed E-state index contributed by atoms with van der Waals surface area (Å²) in [6.07, 6.45) is 7.99. The zero-order chi connectivity index (χ0) is 6.41. The van der Waals surface area contributed by atoms with Crippen LogP contribution in [0.3, 0.4) is 0 Å². The molecule has 0 aliphatic rings. The van der Waals surface area contributed by atoms with E-state index in [1.165, 1.54) is 6.08 Å². The van der Waals surface area contributed by atoms with E-state index in [0.29, 0.717) is 0 Å². The largest absolute Gasteiger partial charge is 0.253 e. The Kier molecular flexibility index (Phi) is 4.29. The van der Waals surface area contributed by atoms with Crippen molar-refractivity contribution in [3.05, 3.63) is 12.3 Å². The summed E-state index contributed by atoms with van der Waals surface area (Å²) in [7, 11) is 0. The third-order valence-corrected chi connectivity index (χ3v) is 0.628. The molecule has 1 nitrogen and oxygen atoms in total. The Morgan fingerprint density at radius 2 is 2.50 bits per heavy atom. The molecular formula is C6H6BrN. The van der Waals surface area contributed by atoms with Crippen LogP contribution in [0.15, 0.2) is 17.3 Å². The number of rotatable bonds is 1. The molecule has 0 aliphatic heterocycles. The van der Waals surface area contributed by atoms with Gasteiger partial charge in [-0.25, -0.2) is 0 Å². The standard InChI is InChI=1S/C6H6BrN/c1-3-4-5-8-6(2)7/h1,4-5H,2H3/b5-4-,8-6?. The molecule has 0 heterocycles. The number of hydrogen-bond donors (Lipinski definition) is 0. The summed E-state index contributed by atoms with van der Waals surface area (Å²) in [6.45, 7) is 1.83. The summed E-state index contributed by atoms with van der Waals surface area (Å²) in [6, 6.07) is 0. The molecule has 0 aromatic rings. The van der Waals surface area contributed by atoms with Crippen LogP contribution < -0.4 is 0 Å². The fraction of sp³-hybridized carbons (Fsp3) is 0.167. The molecule has 0 aliphatic carbocycles. The minimum absolute atomic E-state index is 0.823. The monoisotopic (exact) mass is 171 g/mol. The smallest absolute Gasteiger partial charge is 0.0798 e. The van der Waals surface area contributed by atoms with Crippen LogP contribution in [0.2, 0.25) is 0 Å². The van der Waals surface area contributed by atoms with Crippen LogP contribution in [0.5, 0.6) is 0 Å². The van der Waals surface area contributed by atoms with Crippen molar-refractivity contribution in [1.82, 2.24) is 0 Å². The molecule has 0 amide bonds. The van der Waals surface area contributed by atoms with Crippen LogP contribution in [0, 0.1) is 12.3 Å². The molecule has 0 aromatic heterocycles. The van der Waals surface area contributed by atoms with Gasteiger partial charge >= 0.3 is 0 Å². The summed E-state index contributed by atoms with van der Waals surface area (Å²) in [5, 5.41) is 0. The van der Waals surface area contributed by atoms with E-state index in [9.17, 15) is 0 Å². The fourth-order valence-corrected chi connectivity index (χ4v) is 0.301. The zero-order valence-electron chi connectivity index (χ0n) is 4.56. The molecule has 0 fully saturated rings. The van der Waals surface area contributed by atoms with E-state index in [2.05, 4.69) is 26.8 Å². The Balaban J connectivity index is 3.63. The molecule has 0 saturated heterocycles. The lowest BCUT2D eigenvalue weighted by atomic mass is 10.6. The van der Waals surface area contributed by atoms with Crippen LogP contribution in [0.25, 0.3) is 0 Å². The van der Waals surface area contributed by atoms with Crippen molar-refractivity contribution in [2.45, 2.75) is 6.92 Å². The van der Waals surface area contributed by atoms with E-state index < -0.39 is 0 Å². The van der Waals surface area contributed by atoms with E-state index in [-0.39, 0.29) is 0 Å². The maximum Gasteiger partial charge on any atom is 0.0798 e. The van der Waals surface area contributed by atoms with Gasteiger partial charge in [0.15, 0.2) is 0 Å². The van der Waals surface area contributed by atoms with Crippen molar-refractivity contribution in [2.75, 3.05) is 0 Å². The van der Waals surface area contributed by atoms with Gasteiger partial charge in [0.2, 0.25) is 0 Å². The highest BCUT2D eigenvalue weighted by Gasteiger charge is 1.70. The van der Waals surface area contributed by atoms with Gasteiger partial charge in [-0.1, -0.05) is 5.92 Å². The van der Waals surface area contributed by atoms with Gasteiger partial charge in [-0.05, 0) is 22.9 Å². The normalized spacial score (nSPS) is 11.9. The molecule has 0 aromatic carbocycles. The number of halogens is 1. The molecule has 42 valence electrons. The molecule has 0 N–H and O–H groups in total. The maximum absolute atomic E-state index is 4.89. The van der Waals surface area contributed by atoms with Crippen LogP contribution in [0.1, 0.15) is 6.92 Å². The second-order valence-corrected chi connectivity index (χ2v) is 2.26. The van der Waals surface area contributed by atoms with Crippen LogP contribution in [0.4, 0.5) is 0 Å².